The van der Waals surface area contributed by atoms with E-state index in [4.69, 9.17) is 0 Å². The largest absolute Gasteiger partial charge is 0.405 e. The maximum atomic E-state index is 11.4. The van der Waals surface area contributed by atoms with E-state index in [0.29, 0.717) is 0 Å². The van der Waals surface area contributed by atoms with E-state index in [1.807, 2.05) is 0 Å². The number of rotatable bonds is 4. The standard InChI is InChI=1S/C6H12O6P2/c1-9-13(7,10-2)5-6-14(8,11-3)12-4/h1-4H3. The molecule has 82 valence electrons. The molecular formula is C6H12O6P2. The molecule has 6 nitrogen and oxygen atoms in total. The molecule has 0 spiro atoms. The lowest BCUT2D eigenvalue weighted by Crippen LogP contribution is -1.87. The molecule has 0 fully saturated rings. The van der Waals surface area contributed by atoms with Crippen molar-refractivity contribution >= 4 is 15.2 Å². The Kier molecular flexibility index (Phi) is 5.61. The maximum Gasteiger partial charge on any atom is 0.405 e. The zero-order chi connectivity index (χ0) is 11.2. The Balaban J connectivity index is 4.89. The molecule has 14 heavy (non-hydrogen) atoms. The fraction of sp³-hybridized carbons (Fsp3) is 0.667. The first-order chi connectivity index (χ1) is 6.45. The Morgan fingerprint density at radius 1 is 0.714 bits per heavy atom. The van der Waals surface area contributed by atoms with Crippen LogP contribution in [0.2, 0.25) is 0 Å². The quantitative estimate of drug-likeness (QED) is 0.553. The summed E-state index contributed by atoms with van der Waals surface area (Å²) in [6, 6.07) is 0. The lowest BCUT2D eigenvalue weighted by molar-refractivity contribution is 0.285. The predicted molar refractivity (Wildman–Crippen MR) is 51.0 cm³/mol. The Bertz CT molecular complexity index is 281. The first-order valence-corrected chi connectivity index (χ1v) is 6.51. The second-order valence-electron chi connectivity index (χ2n) is 1.95. The molecule has 0 N–H and O–H groups in total. The summed E-state index contributed by atoms with van der Waals surface area (Å²) in [5.41, 5.74) is 4.17. The Morgan fingerprint density at radius 3 is 1.07 bits per heavy atom. The van der Waals surface area contributed by atoms with Gasteiger partial charge in [0.2, 0.25) is 0 Å². The van der Waals surface area contributed by atoms with Gasteiger partial charge in [-0.25, -0.2) is 9.13 Å². The van der Waals surface area contributed by atoms with Gasteiger partial charge >= 0.3 is 15.2 Å². The smallest absolute Gasteiger partial charge is 0.303 e. The molecule has 0 radical (unpaired) electrons. The molecule has 0 aliphatic carbocycles. The van der Waals surface area contributed by atoms with Crippen LogP contribution in [0, 0.1) is 11.3 Å². The summed E-state index contributed by atoms with van der Waals surface area (Å²) in [4.78, 5) is 0. The topological polar surface area (TPSA) is 71.1 Å². The molecule has 0 aromatic carbocycles. The maximum absolute atomic E-state index is 11.4. The zero-order valence-corrected chi connectivity index (χ0v) is 10.1. The third-order valence-corrected chi connectivity index (χ3v) is 4.16. The third kappa shape index (κ3) is 3.93. The SMILES string of the molecule is COP(=O)(C#CP(=O)(OC)OC)OC. The molecule has 0 aliphatic rings. The number of hydrogen-bond acceptors (Lipinski definition) is 6. The number of hydrogen-bond donors (Lipinski definition) is 0. The van der Waals surface area contributed by atoms with Gasteiger partial charge in [0, 0.05) is 39.8 Å². The van der Waals surface area contributed by atoms with Crippen LogP contribution in [0.4, 0.5) is 0 Å². The van der Waals surface area contributed by atoms with E-state index in [1.54, 1.807) is 0 Å². The minimum atomic E-state index is -3.50. The van der Waals surface area contributed by atoms with Crippen molar-refractivity contribution in [2.75, 3.05) is 28.4 Å². The summed E-state index contributed by atoms with van der Waals surface area (Å²) >= 11 is 0. The van der Waals surface area contributed by atoms with Gasteiger partial charge in [-0.3, -0.25) is 0 Å². The van der Waals surface area contributed by atoms with Gasteiger partial charge in [-0.2, -0.15) is 0 Å². The van der Waals surface area contributed by atoms with E-state index in [-0.39, 0.29) is 0 Å². The van der Waals surface area contributed by atoms with Crippen LogP contribution >= 0.6 is 15.2 Å². The molecule has 0 heterocycles. The van der Waals surface area contributed by atoms with Crippen molar-refractivity contribution < 1.29 is 27.2 Å². The van der Waals surface area contributed by atoms with Crippen molar-refractivity contribution in [1.29, 1.82) is 0 Å². The highest BCUT2D eigenvalue weighted by Crippen LogP contribution is 2.50. The van der Waals surface area contributed by atoms with Gasteiger partial charge in [-0.1, -0.05) is 0 Å². The second kappa shape index (κ2) is 5.67. The minimum absolute atomic E-state index is 1.17. The van der Waals surface area contributed by atoms with Gasteiger partial charge in [-0.15, -0.1) is 0 Å². The van der Waals surface area contributed by atoms with Crippen LogP contribution in [0.1, 0.15) is 0 Å². The van der Waals surface area contributed by atoms with Crippen molar-refractivity contribution in [3.8, 4) is 11.3 Å². The van der Waals surface area contributed by atoms with Crippen LogP contribution in [0.15, 0.2) is 0 Å². The predicted octanol–water partition coefficient (Wildman–Crippen LogP) is 1.88. The van der Waals surface area contributed by atoms with Gasteiger partial charge in [0.05, 0.1) is 0 Å². The van der Waals surface area contributed by atoms with E-state index in [0.717, 1.165) is 0 Å². The molecule has 0 bridgehead atoms. The van der Waals surface area contributed by atoms with E-state index in [2.05, 4.69) is 29.4 Å². The first kappa shape index (κ1) is 13.9. The second-order valence-corrected chi connectivity index (χ2v) is 5.85. The first-order valence-electron chi connectivity index (χ1n) is 3.43. The van der Waals surface area contributed by atoms with Gasteiger partial charge in [0.1, 0.15) is 0 Å². The summed E-state index contributed by atoms with van der Waals surface area (Å²) in [6.45, 7) is 0. The normalized spacial score (nSPS) is 12.0. The fourth-order valence-corrected chi connectivity index (χ4v) is 2.10. The molecule has 0 saturated heterocycles. The Morgan fingerprint density at radius 2 is 0.929 bits per heavy atom. The van der Waals surface area contributed by atoms with Gasteiger partial charge in [0.15, 0.2) is 0 Å². The minimum Gasteiger partial charge on any atom is -0.303 e. The van der Waals surface area contributed by atoms with Crippen molar-refractivity contribution in [2.45, 2.75) is 0 Å². The van der Waals surface area contributed by atoms with E-state index in [1.165, 1.54) is 28.4 Å². The molecule has 8 heteroatoms. The molecule has 0 atom stereocenters. The van der Waals surface area contributed by atoms with Gasteiger partial charge < -0.3 is 18.1 Å². The molecule has 0 rings (SSSR count). The van der Waals surface area contributed by atoms with Crippen molar-refractivity contribution in [3.05, 3.63) is 0 Å². The fourth-order valence-electron chi connectivity index (χ4n) is 0.454. The molecule has 0 aromatic heterocycles. The van der Waals surface area contributed by atoms with Crippen molar-refractivity contribution in [3.63, 3.8) is 0 Å². The van der Waals surface area contributed by atoms with Crippen molar-refractivity contribution in [1.82, 2.24) is 0 Å². The molecule has 0 aliphatic heterocycles. The van der Waals surface area contributed by atoms with Crippen LogP contribution in [0.5, 0.6) is 0 Å². The summed E-state index contributed by atoms with van der Waals surface area (Å²) in [7, 11) is -2.31. The Hall–Kier alpha value is -0.140. The van der Waals surface area contributed by atoms with E-state index >= 15 is 0 Å². The highest BCUT2D eigenvalue weighted by atomic mass is 31.2. The highest BCUT2D eigenvalue weighted by Gasteiger charge is 2.22. The summed E-state index contributed by atoms with van der Waals surface area (Å²) < 4.78 is 40.8. The van der Waals surface area contributed by atoms with Crippen LogP contribution < -0.4 is 0 Å². The monoisotopic (exact) mass is 242 g/mol. The van der Waals surface area contributed by atoms with Gasteiger partial charge in [-0.05, 0) is 0 Å². The average molecular weight is 242 g/mol. The van der Waals surface area contributed by atoms with Crippen LogP contribution in [-0.4, -0.2) is 28.4 Å². The lowest BCUT2D eigenvalue weighted by atomic mass is 11.4. The van der Waals surface area contributed by atoms with E-state index in [9.17, 15) is 9.13 Å². The van der Waals surface area contributed by atoms with Crippen LogP contribution in [0.3, 0.4) is 0 Å². The van der Waals surface area contributed by atoms with Crippen LogP contribution in [-0.2, 0) is 27.2 Å². The zero-order valence-electron chi connectivity index (χ0n) is 8.34. The molecule has 0 aromatic rings. The molecule has 0 saturated carbocycles. The Labute approximate surface area is 82.9 Å². The molecular weight excluding hydrogens is 230 g/mol. The highest BCUT2D eigenvalue weighted by molar-refractivity contribution is 7.63. The third-order valence-electron chi connectivity index (χ3n) is 1.29. The summed E-state index contributed by atoms with van der Waals surface area (Å²) in [5, 5.41) is 0. The molecule has 0 amide bonds. The summed E-state index contributed by atoms with van der Waals surface area (Å²) in [6.07, 6.45) is 0. The summed E-state index contributed by atoms with van der Waals surface area (Å²) in [5.74, 6) is 0. The molecule has 0 unspecified atom stereocenters. The van der Waals surface area contributed by atoms with Gasteiger partial charge in [0.25, 0.3) is 0 Å². The lowest BCUT2D eigenvalue weighted by Gasteiger charge is -2.07. The van der Waals surface area contributed by atoms with Crippen molar-refractivity contribution in [2.24, 2.45) is 0 Å². The van der Waals surface area contributed by atoms with E-state index < -0.39 is 15.2 Å². The average Bonchev–Trinajstić information content (AvgIpc) is 2.25. The van der Waals surface area contributed by atoms with Crippen LogP contribution in [0.25, 0.3) is 0 Å².